The summed E-state index contributed by atoms with van der Waals surface area (Å²) >= 11 is 0. The summed E-state index contributed by atoms with van der Waals surface area (Å²) in [5, 5.41) is 0. The van der Waals surface area contributed by atoms with Crippen molar-refractivity contribution in [3.05, 3.63) is 115 Å². The summed E-state index contributed by atoms with van der Waals surface area (Å²) in [7, 11) is 0. The van der Waals surface area contributed by atoms with Gasteiger partial charge in [0.05, 0.1) is 0 Å². The second-order valence-corrected chi connectivity index (χ2v) is 8.77. The molecule has 0 aliphatic carbocycles. The first-order chi connectivity index (χ1) is 16.3. The highest BCUT2D eigenvalue weighted by atomic mass is 15.1. The van der Waals surface area contributed by atoms with Crippen molar-refractivity contribution in [3.63, 3.8) is 0 Å². The number of unbranched alkanes of at least 4 members (excludes halogenated alkanes) is 5. The number of benzene rings is 4. The standard InChI is InChI=1S/C32H35N/c1-2-3-4-5-6-9-14-27-19-21-28(22-20-27)29-23-25-32(26-24-29)33(30-15-10-7-11-16-30)31-17-12-8-13-18-31/h7-8,10-13,15-26H,2-6,9,14H2,1H3. The topological polar surface area (TPSA) is 3.24 Å². The van der Waals surface area contributed by atoms with Crippen LogP contribution in [0.3, 0.4) is 0 Å². The summed E-state index contributed by atoms with van der Waals surface area (Å²) < 4.78 is 0. The van der Waals surface area contributed by atoms with E-state index in [4.69, 9.17) is 0 Å². The largest absolute Gasteiger partial charge is 0.311 e. The Morgan fingerprint density at radius 3 is 1.45 bits per heavy atom. The van der Waals surface area contributed by atoms with Crippen LogP contribution in [0.2, 0.25) is 0 Å². The van der Waals surface area contributed by atoms with Crippen LogP contribution < -0.4 is 4.90 Å². The van der Waals surface area contributed by atoms with Gasteiger partial charge in [0.2, 0.25) is 0 Å². The second-order valence-electron chi connectivity index (χ2n) is 8.77. The molecule has 168 valence electrons. The van der Waals surface area contributed by atoms with E-state index < -0.39 is 0 Å². The quantitative estimate of drug-likeness (QED) is 0.213. The number of anilines is 3. The molecule has 0 bridgehead atoms. The third-order valence-electron chi connectivity index (χ3n) is 6.26. The Bertz CT molecular complexity index is 1030. The monoisotopic (exact) mass is 433 g/mol. The van der Waals surface area contributed by atoms with Crippen LogP contribution in [0, 0.1) is 0 Å². The molecule has 0 saturated heterocycles. The van der Waals surface area contributed by atoms with Gasteiger partial charge in [-0.3, -0.25) is 0 Å². The van der Waals surface area contributed by atoms with Crippen LogP contribution >= 0.6 is 0 Å². The summed E-state index contributed by atoms with van der Waals surface area (Å²) in [6.45, 7) is 2.28. The Labute approximate surface area is 199 Å². The van der Waals surface area contributed by atoms with E-state index in [0.29, 0.717) is 0 Å². The maximum absolute atomic E-state index is 2.30. The molecule has 0 aliphatic rings. The van der Waals surface area contributed by atoms with Gasteiger partial charge in [-0.2, -0.15) is 0 Å². The van der Waals surface area contributed by atoms with Crippen LogP contribution in [0.1, 0.15) is 51.0 Å². The molecule has 0 atom stereocenters. The van der Waals surface area contributed by atoms with E-state index in [2.05, 4.69) is 121 Å². The third kappa shape index (κ3) is 6.35. The Balaban J connectivity index is 1.45. The Morgan fingerprint density at radius 2 is 0.909 bits per heavy atom. The lowest BCUT2D eigenvalue weighted by molar-refractivity contribution is 0.607. The lowest BCUT2D eigenvalue weighted by Gasteiger charge is -2.25. The first kappa shape index (κ1) is 22.9. The summed E-state index contributed by atoms with van der Waals surface area (Å²) in [5.74, 6) is 0. The van der Waals surface area contributed by atoms with Crippen molar-refractivity contribution in [1.29, 1.82) is 0 Å². The smallest absolute Gasteiger partial charge is 0.0462 e. The van der Waals surface area contributed by atoms with Gasteiger partial charge in [-0.1, -0.05) is 112 Å². The van der Waals surface area contributed by atoms with Crippen LogP contribution in [0.15, 0.2) is 109 Å². The molecule has 4 aromatic carbocycles. The maximum atomic E-state index is 2.30. The average molecular weight is 434 g/mol. The molecule has 0 aromatic heterocycles. The van der Waals surface area contributed by atoms with E-state index in [9.17, 15) is 0 Å². The molecule has 0 saturated carbocycles. The van der Waals surface area contributed by atoms with E-state index >= 15 is 0 Å². The highest BCUT2D eigenvalue weighted by Gasteiger charge is 2.11. The summed E-state index contributed by atoms with van der Waals surface area (Å²) in [5.41, 5.74) is 7.47. The average Bonchev–Trinajstić information content (AvgIpc) is 2.88. The third-order valence-corrected chi connectivity index (χ3v) is 6.26. The molecule has 0 N–H and O–H groups in total. The summed E-state index contributed by atoms with van der Waals surface area (Å²) in [6.07, 6.45) is 9.29. The molecule has 0 aliphatic heterocycles. The molecule has 0 spiro atoms. The zero-order valence-electron chi connectivity index (χ0n) is 19.8. The Hall–Kier alpha value is -3.32. The van der Waals surface area contributed by atoms with Crippen molar-refractivity contribution < 1.29 is 0 Å². The highest BCUT2D eigenvalue weighted by Crippen LogP contribution is 2.35. The first-order valence-electron chi connectivity index (χ1n) is 12.4. The molecular weight excluding hydrogens is 398 g/mol. The molecule has 0 radical (unpaired) electrons. The molecule has 33 heavy (non-hydrogen) atoms. The molecule has 1 heteroatoms. The van der Waals surface area contributed by atoms with Gasteiger partial charge in [-0.05, 0) is 65.9 Å². The van der Waals surface area contributed by atoms with Crippen molar-refractivity contribution in [2.75, 3.05) is 4.90 Å². The fraction of sp³-hybridized carbons (Fsp3) is 0.250. The van der Waals surface area contributed by atoms with Crippen LogP contribution in [0.25, 0.3) is 11.1 Å². The maximum Gasteiger partial charge on any atom is 0.0462 e. The molecule has 0 heterocycles. The van der Waals surface area contributed by atoms with Gasteiger partial charge < -0.3 is 4.90 Å². The molecule has 0 amide bonds. The molecule has 1 nitrogen and oxygen atoms in total. The number of aryl methyl sites for hydroxylation is 1. The number of hydrogen-bond acceptors (Lipinski definition) is 1. The highest BCUT2D eigenvalue weighted by molar-refractivity contribution is 5.78. The molecule has 0 unspecified atom stereocenters. The Morgan fingerprint density at radius 1 is 0.455 bits per heavy atom. The molecular formula is C32H35N. The number of rotatable bonds is 11. The summed E-state index contributed by atoms with van der Waals surface area (Å²) in [4.78, 5) is 2.30. The second kappa shape index (κ2) is 12.1. The molecule has 0 fully saturated rings. The van der Waals surface area contributed by atoms with Gasteiger partial charge in [0.1, 0.15) is 0 Å². The number of hydrogen-bond donors (Lipinski definition) is 0. The van der Waals surface area contributed by atoms with Gasteiger partial charge in [0.15, 0.2) is 0 Å². The predicted octanol–water partition coefficient (Wildman–Crippen LogP) is 9.73. The predicted molar refractivity (Wildman–Crippen MR) is 144 cm³/mol. The van der Waals surface area contributed by atoms with E-state index in [0.717, 1.165) is 17.1 Å². The zero-order chi connectivity index (χ0) is 22.7. The van der Waals surface area contributed by atoms with Crippen LogP contribution in [-0.4, -0.2) is 0 Å². The van der Waals surface area contributed by atoms with E-state index in [1.165, 1.54) is 61.6 Å². The number of para-hydroxylation sites is 2. The molecule has 4 aromatic rings. The van der Waals surface area contributed by atoms with Gasteiger partial charge >= 0.3 is 0 Å². The lowest BCUT2D eigenvalue weighted by atomic mass is 10.0. The van der Waals surface area contributed by atoms with E-state index in [1.807, 2.05) is 0 Å². The van der Waals surface area contributed by atoms with Gasteiger partial charge in [0, 0.05) is 17.1 Å². The van der Waals surface area contributed by atoms with Crippen LogP contribution in [0.5, 0.6) is 0 Å². The minimum absolute atomic E-state index is 1.16. The lowest BCUT2D eigenvalue weighted by Crippen LogP contribution is -2.09. The fourth-order valence-electron chi connectivity index (χ4n) is 4.38. The number of nitrogens with zero attached hydrogens (tertiary/aromatic N) is 1. The van der Waals surface area contributed by atoms with Crippen LogP contribution in [0.4, 0.5) is 17.1 Å². The van der Waals surface area contributed by atoms with E-state index in [-0.39, 0.29) is 0 Å². The van der Waals surface area contributed by atoms with Crippen molar-refractivity contribution in [2.24, 2.45) is 0 Å². The van der Waals surface area contributed by atoms with Crippen LogP contribution in [-0.2, 0) is 6.42 Å². The van der Waals surface area contributed by atoms with Crippen molar-refractivity contribution >= 4 is 17.1 Å². The first-order valence-corrected chi connectivity index (χ1v) is 12.4. The van der Waals surface area contributed by atoms with Crippen molar-refractivity contribution in [3.8, 4) is 11.1 Å². The minimum Gasteiger partial charge on any atom is -0.311 e. The summed E-state index contributed by atoms with van der Waals surface area (Å²) in [6, 6.07) is 39.2. The molecule has 4 rings (SSSR count). The van der Waals surface area contributed by atoms with Gasteiger partial charge in [-0.25, -0.2) is 0 Å². The zero-order valence-corrected chi connectivity index (χ0v) is 19.8. The van der Waals surface area contributed by atoms with Gasteiger partial charge in [-0.15, -0.1) is 0 Å². The van der Waals surface area contributed by atoms with Crippen molar-refractivity contribution in [2.45, 2.75) is 51.9 Å². The van der Waals surface area contributed by atoms with Crippen molar-refractivity contribution in [1.82, 2.24) is 0 Å². The Kier molecular flexibility index (Phi) is 8.36. The van der Waals surface area contributed by atoms with E-state index in [1.54, 1.807) is 0 Å². The normalized spacial score (nSPS) is 10.8. The van der Waals surface area contributed by atoms with Gasteiger partial charge in [0.25, 0.3) is 0 Å². The SMILES string of the molecule is CCCCCCCCc1ccc(-c2ccc(N(c3ccccc3)c3ccccc3)cc2)cc1. The fourth-order valence-corrected chi connectivity index (χ4v) is 4.38. The minimum atomic E-state index is 1.16.